The molecule has 0 fully saturated rings. The second-order valence-electron chi connectivity index (χ2n) is 5.97. The van der Waals surface area contributed by atoms with Gasteiger partial charge in [0.05, 0.1) is 17.2 Å². The number of hydrogen-bond donors (Lipinski definition) is 0. The summed E-state index contributed by atoms with van der Waals surface area (Å²) in [7, 11) is 0. The molecule has 5 nitrogen and oxygen atoms in total. The number of carbonyl (C=O) groups is 1. The maximum absolute atomic E-state index is 13.0. The molecule has 0 N–H and O–H groups in total. The summed E-state index contributed by atoms with van der Waals surface area (Å²) in [5, 5.41) is 0.336. The molecule has 2 heterocycles. The zero-order chi connectivity index (χ0) is 19.0. The molecule has 2 aromatic heterocycles. The van der Waals surface area contributed by atoms with Crippen LogP contribution in [-0.2, 0) is 0 Å². The van der Waals surface area contributed by atoms with Gasteiger partial charge in [-0.2, -0.15) is 0 Å². The molecule has 27 heavy (non-hydrogen) atoms. The van der Waals surface area contributed by atoms with E-state index in [1.54, 1.807) is 48.5 Å². The highest BCUT2D eigenvalue weighted by atomic mass is 79.9. The average molecular weight is 425 g/mol. The van der Waals surface area contributed by atoms with Gasteiger partial charge in [-0.1, -0.05) is 33.6 Å². The lowest BCUT2D eigenvalue weighted by atomic mass is 10.1. The minimum atomic E-state index is -0.664. The Morgan fingerprint density at radius 1 is 1.07 bits per heavy atom. The summed E-state index contributed by atoms with van der Waals surface area (Å²) >= 11 is 3.31. The predicted octanol–water partition coefficient (Wildman–Crippen LogP) is 5.34. The fourth-order valence-electron chi connectivity index (χ4n) is 2.72. The van der Waals surface area contributed by atoms with Gasteiger partial charge in [-0.3, -0.25) is 4.79 Å². The lowest BCUT2D eigenvalue weighted by molar-refractivity contribution is 0.0731. The number of fused-ring (bicyclic) bond motifs is 1. The molecule has 0 aliphatic rings. The molecule has 0 saturated carbocycles. The third-order valence-corrected chi connectivity index (χ3v) is 4.50. The van der Waals surface area contributed by atoms with E-state index < -0.39 is 11.4 Å². The van der Waals surface area contributed by atoms with Gasteiger partial charge in [0.15, 0.2) is 5.76 Å². The Morgan fingerprint density at radius 2 is 1.93 bits per heavy atom. The molecule has 0 aliphatic carbocycles. The number of halogens is 1. The first-order valence-electron chi connectivity index (χ1n) is 8.12. The van der Waals surface area contributed by atoms with Crippen molar-refractivity contribution in [2.75, 3.05) is 0 Å². The van der Waals surface area contributed by atoms with Gasteiger partial charge in [-0.25, -0.2) is 4.79 Å². The highest BCUT2D eigenvalue weighted by Gasteiger charge is 2.23. The zero-order valence-electron chi connectivity index (χ0n) is 14.2. The summed E-state index contributed by atoms with van der Waals surface area (Å²) in [6, 6.07) is 15.3. The molecule has 0 unspecified atom stereocenters. The number of hydrogen-bond acceptors (Lipinski definition) is 5. The van der Waals surface area contributed by atoms with Crippen molar-refractivity contribution in [2.45, 2.75) is 6.92 Å². The van der Waals surface area contributed by atoms with Crippen LogP contribution in [0.15, 0.2) is 79.0 Å². The van der Waals surface area contributed by atoms with Gasteiger partial charge >= 0.3 is 5.97 Å². The molecule has 0 saturated heterocycles. The standard InChI is InChI=1S/C21H13BrO5/c1-12-7-8-16-15(10-12)18(23)20(19(26-16)17-6-3-9-25-17)27-21(24)13-4-2-5-14(22)11-13/h2-11H,1H3. The van der Waals surface area contributed by atoms with E-state index in [0.717, 1.165) is 10.0 Å². The van der Waals surface area contributed by atoms with Crippen LogP contribution >= 0.6 is 15.9 Å². The van der Waals surface area contributed by atoms with Crippen LogP contribution in [0.25, 0.3) is 22.5 Å². The molecule has 4 aromatic rings. The van der Waals surface area contributed by atoms with Crippen LogP contribution < -0.4 is 10.2 Å². The fraction of sp³-hybridized carbons (Fsp3) is 0.0476. The van der Waals surface area contributed by atoms with Crippen molar-refractivity contribution in [1.82, 2.24) is 0 Å². The van der Waals surface area contributed by atoms with Crippen molar-refractivity contribution in [3.8, 4) is 17.3 Å². The number of carbonyl (C=O) groups excluding carboxylic acids is 1. The quantitative estimate of drug-likeness (QED) is 0.415. The van der Waals surface area contributed by atoms with Crippen molar-refractivity contribution in [3.05, 3.63) is 86.7 Å². The molecule has 2 aromatic carbocycles. The maximum Gasteiger partial charge on any atom is 0.343 e. The van der Waals surface area contributed by atoms with Gasteiger partial charge in [0.25, 0.3) is 0 Å². The molecule has 0 spiro atoms. The fourth-order valence-corrected chi connectivity index (χ4v) is 3.12. The van der Waals surface area contributed by atoms with E-state index in [1.807, 2.05) is 13.0 Å². The van der Waals surface area contributed by atoms with E-state index in [9.17, 15) is 9.59 Å². The summed E-state index contributed by atoms with van der Waals surface area (Å²) in [5.41, 5.74) is 1.15. The van der Waals surface area contributed by atoms with Crippen LogP contribution in [-0.4, -0.2) is 5.97 Å². The van der Waals surface area contributed by atoms with Gasteiger partial charge < -0.3 is 13.6 Å². The monoisotopic (exact) mass is 424 g/mol. The number of ether oxygens (including phenoxy) is 1. The highest BCUT2D eigenvalue weighted by molar-refractivity contribution is 9.10. The summed E-state index contributed by atoms with van der Waals surface area (Å²) in [6.45, 7) is 1.87. The van der Waals surface area contributed by atoms with E-state index in [4.69, 9.17) is 13.6 Å². The first-order valence-corrected chi connectivity index (χ1v) is 8.91. The Hall–Kier alpha value is -3.12. The second kappa shape index (κ2) is 6.89. The largest absolute Gasteiger partial charge is 0.461 e. The molecule has 0 amide bonds. The second-order valence-corrected chi connectivity index (χ2v) is 6.88. The third kappa shape index (κ3) is 3.31. The van der Waals surface area contributed by atoms with Crippen LogP contribution in [0.3, 0.4) is 0 Å². The van der Waals surface area contributed by atoms with Gasteiger partial charge in [-0.15, -0.1) is 0 Å². The first kappa shape index (κ1) is 17.3. The van der Waals surface area contributed by atoms with E-state index in [0.29, 0.717) is 22.3 Å². The maximum atomic E-state index is 13.0. The van der Waals surface area contributed by atoms with Crippen LogP contribution in [0.4, 0.5) is 0 Å². The molecule has 0 aliphatic heterocycles. The molecule has 0 radical (unpaired) electrons. The smallest absolute Gasteiger partial charge is 0.343 e. The number of rotatable bonds is 3. The Kier molecular flexibility index (Phi) is 4.41. The zero-order valence-corrected chi connectivity index (χ0v) is 15.8. The predicted molar refractivity (Wildman–Crippen MR) is 104 cm³/mol. The van der Waals surface area contributed by atoms with E-state index in [-0.39, 0.29) is 11.5 Å². The lowest BCUT2D eigenvalue weighted by Gasteiger charge is -2.09. The average Bonchev–Trinajstić information content (AvgIpc) is 3.18. The van der Waals surface area contributed by atoms with Crippen LogP contribution in [0.2, 0.25) is 0 Å². The van der Waals surface area contributed by atoms with Gasteiger partial charge in [0, 0.05) is 4.47 Å². The molecular formula is C21H13BrO5. The lowest BCUT2D eigenvalue weighted by Crippen LogP contribution is -2.16. The topological polar surface area (TPSA) is 69.7 Å². The van der Waals surface area contributed by atoms with Crippen LogP contribution in [0.5, 0.6) is 5.75 Å². The Labute approximate surface area is 162 Å². The number of aryl methyl sites for hydroxylation is 1. The molecular weight excluding hydrogens is 412 g/mol. The third-order valence-electron chi connectivity index (χ3n) is 4.00. The van der Waals surface area contributed by atoms with Gasteiger partial charge in [0.2, 0.25) is 16.9 Å². The molecule has 134 valence electrons. The Bertz CT molecular complexity index is 1210. The Morgan fingerprint density at radius 3 is 2.67 bits per heavy atom. The number of benzene rings is 2. The summed E-state index contributed by atoms with van der Waals surface area (Å²) in [6.07, 6.45) is 1.45. The van der Waals surface area contributed by atoms with Crippen molar-refractivity contribution in [3.63, 3.8) is 0 Å². The van der Waals surface area contributed by atoms with Crippen molar-refractivity contribution in [2.24, 2.45) is 0 Å². The van der Waals surface area contributed by atoms with Crippen LogP contribution in [0, 0.1) is 6.92 Å². The summed E-state index contributed by atoms with van der Waals surface area (Å²) in [5.74, 6) is -0.493. The number of esters is 1. The molecule has 6 heteroatoms. The number of furan rings is 1. The normalized spacial score (nSPS) is 10.9. The van der Waals surface area contributed by atoms with Crippen molar-refractivity contribution in [1.29, 1.82) is 0 Å². The van der Waals surface area contributed by atoms with Crippen molar-refractivity contribution < 1.29 is 18.4 Å². The molecule has 4 rings (SSSR count). The molecule has 0 bridgehead atoms. The summed E-state index contributed by atoms with van der Waals surface area (Å²) in [4.78, 5) is 25.6. The molecule has 0 atom stereocenters. The van der Waals surface area contributed by atoms with Gasteiger partial charge in [-0.05, 0) is 49.4 Å². The SMILES string of the molecule is Cc1ccc2oc(-c3ccco3)c(OC(=O)c3cccc(Br)c3)c(=O)c2c1. The first-order chi connectivity index (χ1) is 13.0. The van der Waals surface area contributed by atoms with Crippen LogP contribution in [0.1, 0.15) is 15.9 Å². The van der Waals surface area contributed by atoms with Gasteiger partial charge in [0.1, 0.15) is 5.58 Å². The van der Waals surface area contributed by atoms with E-state index in [1.165, 1.54) is 6.26 Å². The minimum absolute atomic E-state index is 0.0738. The Balaban J connectivity index is 1.89. The van der Waals surface area contributed by atoms with Crippen molar-refractivity contribution >= 4 is 32.9 Å². The summed E-state index contributed by atoms with van der Waals surface area (Å²) < 4.78 is 17.4. The highest BCUT2D eigenvalue weighted by Crippen LogP contribution is 2.32. The van der Waals surface area contributed by atoms with E-state index in [2.05, 4.69) is 15.9 Å². The van der Waals surface area contributed by atoms with E-state index >= 15 is 0 Å². The minimum Gasteiger partial charge on any atom is -0.461 e.